The molecule has 104 valence electrons. The van der Waals surface area contributed by atoms with Crippen LogP contribution in [-0.4, -0.2) is 30.8 Å². The molecule has 4 heteroatoms. The van der Waals surface area contributed by atoms with Crippen LogP contribution in [0, 0.1) is 6.92 Å². The molecule has 2 atom stereocenters. The highest BCUT2D eigenvalue weighted by Gasteiger charge is 2.23. The van der Waals surface area contributed by atoms with Gasteiger partial charge in [0, 0.05) is 12.6 Å². The number of carbonyl (C=O) groups excluding carboxylic acids is 1. The highest BCUT2D eigenvalue weighted by atomic mass is 16.5. The van der Waals surface area contributed by atoms with E-state index in [4.69, 9.17) is 0 Å². The van der Waals surface area contributed by atoms with E-state index in [0.717, 1.165) is 11.1 Å². The summed E-state index contributed by atoms with van der Waals surface area (Å²) in [5.41, 5.74) is 1.90. The first-order valence-corrected chi connectivity index (χ1v) is 6.24. The zero-order chi connectivity index (χ0) is 14.3. The van der Waals surface area contributed by atoms with Gasteiger partial charge in [-0.15, -0.1) is 6.58 Å². The summed E-state index contributed by atoms with van der Waals surface area (Å²) >= 11 is 0. The van der Waals surface area contributed by atoms with Gasteiger partial charge in [-0.25, -0.2) is 0 Å². The van der Waals surface area contributed by atoms with Crippen LogP contribution in [0.3, 0.4) is 0 Å². The van der Waals surface area contributed by atoms with Crippen LogP contribution in [-0.2, 0) is 9.53 Å². The summed E-state index contributed by atoms with van der Waals surface area (Å²) in [6.45, 7) is 6.12. The third kappa shape index (κ3) is 4.85. The zero-order valence-corrected chi connectivity index (χ0v) is 11.4. The lowest BCUT2D eigenvalue weighted by Crippen LogP contribution is -2.37. The summed E-state index contributed by atoms with van der Waals surface area (Å²) in [4.78, 5) is 11.4. The van der Waals surface area contributed by atoms with Gasteiger partial charge in [0.05, 0.1) is 19.6 Å². The number of methoxy groups -OCH3 is 1. The third-order valence-electron chi connectivity index (χ3n) is 2.94. The third-order valence-corrected chi connectivity index (χ3v) is 2.94. The van der Waals surface area contributed by atoms with Gasteiger partial charge >= 0.3 is 5.97 Å². The first-order chi connectivity index (χ1) is 9.08. The zero-order valence-electron chi connectivity index (χ0n) is 11.4. The molecular weight excluding hydrogens is 242 g/mol. The molecule has 0 amide bonds. The van der Waals surface area contributed by atoms with Crippen molar-refractivity contribution in [1.82, 2.24) is 5.32 Å². The van der Waals surface area contributed by atoms with Gasteiger partial charge in [-0.2, -0.15) is 0 Å². The quantitative estimate of drug-likeness (QED) is 0.581. The monoisotopic (exact) mass is 263 g/mol. The second-order valence-electron chi connectivity index (χ2n) is 4.44. The molecule has 0 bridgehead atoms. The molecule has 2 unspecified atom stereocenters. The van der Waals surface area contributed by atoms with Crippen molar-refractivity contribution in [3.8, 4) is 0 Å². The maximum Gasteiger partial charge on any atom is 0.307 e. The molecule has 0 spiro atoms. The van der Waals surface area contributed by atoms with Crippen molar-refractivity contribution >= 4 is 5.97 Å². The molecule has 1 aromatic rings. The van der Waals surface area contributed by atoms with Crippen LogP contribution in [0.2, 0.25) is 0 Å². The van der Waals surface area contributed by atoms with Gasteiger partial charge in [-0.1, -0.05) is 35.9 Å². The Kier molecular flexibility index (Phi) is 6.25. The predicted octanol–water partition coefficient (Wildman–Crippen LogP) is 1.74. The van der Waals surface area contributed by atoms with Gasteiger partial charge in [-0.3, -0.25) is 4.79 Å². The number of hydrogen-bond acceptors (Lipinski definition) is 4. The van der Waals surface area contributed by atoms with Crippen molar-refractivity contribution in [2.75, 3.05) is 13.7 Å². The number of aliphatic hydroxyl groups excluding tert-OH is 1. The Hall–Kier alpha value is -1.65. The molecule has 19 heavy (non-hydrogen) atoms. The number of esters is 1. The lowest BCUT2D eigenvalue weighted by molar-refractivity contribution is -0.142. The van der Waals surface area contributed by atoms with Gasteiger partial charge in [0.2, 0.25) is 0 Å². The van der Waals surface area contributed by atoms with Gasteiger partial charge in [0.25, 0.3) is 0 Å². The molecule has 0 aliphatic heterocycles. The van der Waals surface area contributed by atoms with E-state index in [1.807, 2.05) is 31.2 Å². The SMILES string of the molecule is C=CCNC(CC(=O)OC)C(O)c1ccc(C)cc1. The molecular formula is C15H21NO3. The predicted molar refractivity (Wildman–Crippen MR) is 74.8 cm³/mol. The van der Waals surface area contributed by atoms with Crippen LogP contribution in [0.1, 0.15) is 23.7 Å². The molecule has 2 N–H and O–H groups in total. The van der Waals surface area contributed by atoms with Gasteiger partial charge < -0.3 is 15.2 Å². The maximum atomic E-state index is 11.4. The highest BCUT2D eigenvalue weighted by Crippen LogP contribution is 2.19. The summed E-state index contributed by atoms with van der Waals surface area (Å²) in [6.07, 6.45) is 1.03. The summed E-state index contributed by atoms with van der Waals surface area (Å²) in [5, 5.41) is 13.4. The minimum Gasteiger partial charge on any atom is -0.469 e. The van der Waals surface area contributed by atoms with Crippen LogP contribution in [0.15, 0.2) is 36.9 Å². The van der Waals surface area contributed by atoms with Crippen LogP contribution in [0.25, 0.3) is 0 Å². The van der Waals surface area contributed by atoms with Crippen molar-refractivity contribution in [2.45, 2.75) is 25.5 Å². The average molecular weight is 263 g/mol. The molecule has 0 fully saturated rings. The first kappa shape index (κ1) is 15.4. The van der Waals surface area contributed by atoms with Crippen LogP contribution in [0.5, 0.6) is 0 Å². The van der Waals surface area contributed by atoms with Crippen LogP contribution < -0.4 is 5.32 Å². The largest absolute Gasteiger partial charge is 0.469 e. The standard InChI is InChI=1S/C15H21NO3/c1-4-9-16-13(10-14(17)19-3)15(18)12-7-5-11(2)6-8-12/h4-8,13,15-16,18H,1,9-10H2,2-3H3. The number of hydrogen-bond donors (Lipinski definition) is 2. The summed E-state index contributed by atoms with van der Waals surface area (Å²) in [5.74, 6) is -0.354. The Morgan fingerprint density at radius 3 is 2.63 bits per heavy atom. The van der Waals surface area contributed by atoms with E-state index >= 15 is 0 Å². The number of carbonyl (C=O) groups is 1. The molecule has 0 aliphatic carbocycles. The number of aryl methyl sites for hydroxylation is 1. The molecule has 0 heterocycles. The Balaban J connectivity index is 2.79. The van der Waals surface area contributed by atoms with Crippen molar-refractivity contribution in [3.05, 3.63) is 48.0 Å². The van der Waals surface area contributed by atoms with Crippen molar-refractivity contribution in [2.24, 2.45) is 0 Å². The van der Waals surface area contributed by atoms with E-state index in [0.29, 0.717) is 6.54 Å². The molecule has 0 saturated heterocycles. The Morgan fingerprint density at radius 1 is 1.47 bits per heavy atom. The smallest absolute Gasteiger partial charge is 0.307 e. The highest BCUT2D eigenvalue weighted by molar-refractivity contribution is 5.70. The second kappa shape index (κ2) is 7.71. The average Bonchev–Trinajstić information content (AvgIpc) is 2.43. The van der Waals surface area contributed by atoms with Gasteiger partial charge in [0.1, 0.15) is 0 Å². The minimum absolute atomic E-state index is 0.110. The molecule has 0 radical (unpaired) electrons. The lowest BCUT2D eigenvalue weighted by atomic mass is 9.99. The summed E-state index contributed by atoms with van der Waals surface area (Å²) < 4.78 is 4.65. The first-order valence-electron chi connectivity index (χ1n) is 6.24. The van der Waals surface area contributed by atoms with E-state index in [1.54, 1.807) is 6.08 Å². The Morgan fingerprint density at radius 2 is 2.11 bits per heavy atom. The number of benzene rings is 1. The molecule has 0 aliphatic rings. The number of ether oxygens (including phenoxy) is 1. The fourth-order valence-corrected chi connectivity index (χ4v) is 1.79. The van der Waals surface area contributed by atoms with E-state index in [-0.39, 0.29) is 12.4 Å². The van der Waals surface area contributed by atoms with Gasteiger partial charge in [-0.05, 0) is 12.5 Å². The molecule has 0 saturated carbocycles. The normalized spacial score (nSPS) is 13.6. The Bertz CT molecular complexity index is 414. The fraction of sp³-hybridized carbons (Fsp3) is 0.400. The molecule has 1 rings (SSSR count). The van der Waals surface area contributed by atoms with Crippen molar-refractivity contribution in [1.29, 1.82) is 0 Å². The molecule has 1 aromatic carbocycles. The van der Waals surface area contributed by atoms with E-state index in [2.05, 4.69) is 16.6 Å². The maximum absolute atomic E-state index is 11.4. The second-order valence-corrected chi connectivity index (χ2v) is 4.44. The van der Waals surface area contributed by atoms with Crippen molar-refractivity contribution < 1.29 is 14.6 Å². The van der Waals surface area contributed by atoms with Crippen LogP contribution in [0.4, 0.5) is 0 Å². The van der Waals surface area contributed by atoms with E-state index in [1.165, 1.54) is 7.11 Å². The summed E-state index contributed by atoms with van der Waals surface area (Å²) in [6, 6.07) is 7.19. The fourth-order valence-electron chi connectivity index (χ4n) is 1.79. The van der Waals surface area contributed by atoms with E-state index < -0.39 is 12.1 Å². The Labute approximate surface area is 114 Å². The van der Waals surface area contributed by atoms with Crippen LogP contribution >= 0.6 is 0 Å². The lowest BCUT2D eigenvalue weighted by Gasteiger charge is -2.23. The van der Waals surface area contributed by atoms with E-state index in [9.17, 15) is 9.90 Å². The van der Waals surface area contributed by atoms with Crippen molar-refractivity contribution in [3.63, 3.8) is 0 Å². The van der Waals surface area contributed by atoms with Gasteiger partial charge in [0.15, 0.2) is 0 Å². The minimum atomic E-state index is -0.764. The number of rotatable bonds is 7. The number of nitrogens with one attached hydrogen (secondary N) is 1. The summed E-state index contributed by atoms with van der Waals surface area (Å²) in [7, 11) is 1.34. The molecule has 0 aromatic heterocycles. The topological polar surface area (TPSA) is 58.6 Å². The molecule has 4 nitrogen and oxygen atoms in total. The number of aliphatic hydroxyl groups is 1.